The van der Waals surface area contributed by atoms with Crippen molar-refractivity contribution < 1.29 is 4.84 Å². The molecule has 14 heavy (non-hydrogen) atoms. The van der Waals surface area contributed by atoms with Gasteiger partial charge in [0.05, 0.1) is 0 Å². The minimum absolute atomic E-state index is 0.228. The van der Waals surface area contributed by atoms with Crippen molar-refractivity contribution in [1.29, 1.82) is 0 Å². The number of hydrogen-bond donors (Lipinski definition) is 0. The number of benzene rings is 1. The molecule has 2 rings (SSSR count). The topological polar surface area (TPSA) is 12.5 Å². The molecule has 0 N–H and O–H groups in total. The zero-order chi connectivity index (χ0) is 9.97. The van der Waals surface area contributed by atoms with Crippen LogP contribution in [0, 0.1) is 0 Å². The highest BCUT2D eigenvalue weighted by molar-refractivity contribution is 9.10. The van der Waals surface area contributed by atoms with Gasteiger partial charge in [-0.2, -0.15) is 5.06 Å². The second-order valence-corrected chi connectivity index (χ2v) is 4.56. The Morgan fingerprint density at radius 2 is 2.36 bits per heavy atom. The highest BCUT2D eigenvalue weighted by Gasteiger charge is 2.19. The van der Waals surface area contributed by atoms with Gasteiger partial charge in [-0.15, -0.1) is 0 Å². The summed E-state index contributed by atoms with van der Waals surface area (Å²) < 4.78 is 1.12. The molecule has 0 spiro atoms. The van der Waals surface area contributed by atoms with Gasteiger partial charge in [0.15, 0.2) is 0 Å². The molecule has 1 aliphatic heterocycles. The molecule has 0 radical (unpaired) electrons. The minimum atomic E-state index is 0.228. The highest BCUT2D eigenvalue weighted by atomic mass is 79.9. The van der Waals surface area contributed by atoms with Gasteiger partial charge in [-0.25, -0.2) is 0 Å². The third-order valence-corrected chi connectivity index (χ3v) is 2.96. The molecule has 1 unspecified atom stereocenters. The lowest BCUT2D eigenvalue weighted by molar-refractivity contribution is -0.208. The molecule has 2 nitrogen and oxygen atoms in total. The average molecular weight is 256 g/mol. The van der Waals surface area contributed by atoms with E-state index in [1.54, 1.807) is 0 Å². The quantitative estimate of drug-likeness (QED) is 0.765. The molecule has 1 aromatic rings. The van der Waals surface area contributed by atoms with Crippen LogP contribution in [-0.2, 0) is 4.84 Å². The number of halogens is 1. The lowest BCUT2D eigenvalue weighted by Crippen LogP contribution is -2.28. The zero-order valence-electron chi connectivity index (χ0n) is 8.24. The first-order chi connectivity index (χ1) is 6.75. The Bertz CT molecular complexity index is 316. The monoisotopic (exact) mass is 255 g/mol. The molecule has 0 aromatic heterocycles. The Kier molecular flexibility index (Phi) is 3.21. The van der Waals surface area contributed by atoms with Crippen LogP contribution in [0.5, 0.6) is 0 Å². The Morgan fingerprint density at radius 3 is 3.07 bits per heavy atom. The normalized spacial score (nSPS) is 23.7. The van der Waals surface area contributed by atoms with Crippen molar-refractivity contribution in [3.63, 3.8) is 0 Å². The smallest absolute Gasteiger partial charge is 0.104 e. The van der Waals surface area contributed by atoms with Crippen LogP contribution < -0.4 is 0 Å². The van der Waals surface area contributed by atoms with Crippen LogP contribution in [0.4, 0.5) is 0 Å². The highest BCUT2D eigenvalue weighted by Crippen LogP contribution is 2.28. The molecule has 1 atom stereocenters. The van der Waals surface area contributed by atoms with E-state index >= 15 is 0 Å². The molecule has 1 aliphatic rings. The van der Waals surface area contributed by atoms with Crippen molar-refractivity contribution in [3.05, 3.63) is 34.3 Å². The SMILES string of the molecule is CN1CCCC(c2cccc(Br)c2)O1. The van der Waals surface area contributed by atoms with Crippen LogP contribution in [-0.4, -0.2) is 18.7 Å². The summed E-state index contributed by atoms with van der Waals surface area (Å²) in [5.74, 6) is 0. The van der Waals surface area contributed by atoms with Gasteiger partial charge in [0.1, 0.15) is 6.10 Å². The summed E-state index contributed by atoms with van der Waals surface area (Å²) in [5, 5.41) is 1.93. The van der Waals surface area contributed by atoms with E-state index in [1.165, 1.54) is 12.0 Å². The van der Waals surface area contributed by atoms with E-state index in [1.807, 2.05) is 18.2 Å². The van der Waals surface area contributed by atoms with Gasteiger partial charge in [-0.1, -0.05) is 28.1 Å². The van der Waals surface area contributed by atoms with Crippen LogP contribution in [0.15, 0.2) is 28.7 Å². The van der Waals surface area contributed by atoms with Gasteiger partial charge in [0, 0.05) is 18.1 Å². The summed E-state index contributed by atoms with van der Waals surface area (Å²) in [6.07, 6.45) is 2.54. The van der Waals surface area contributed by atoms with Crippen molar-refractivity contribution in [2.45, 2.75) is 18.9 Å². The van der Waals surface area contributed by atoms with E-state index in [4.69, 9.17) is 4.84 Å². The molecule has 0 amide bonds. The van der Waals surface area contributed by atoms with Crippen LogP contribution in [0.1, 0.15) is 24.5 Å². The Labute approximate surface area is 92.9 Å². The first-order valence-corrected chi connectivity index (χ1v) is 5.68. The minimum Gasteiger partial charge on any atom is -0.291 e. The van der Waals surface area contributed by atoms with Gasteiger partial charge in [0.25, 0.3) is 0 Å². The Morgan fingerprint density at radius 1 is 1.50 bits per heavy atom. The van der Waals surface area contributed by atoms with Crippen LogP contribution in [0.25, 0.3) is 0 Å². The summed E-state index contributed by atoms with van der Waals surface area (Å²) >= 11 is 3.47. The molecule has 1 aromatic carbocycles. The summed E-state index contributed by atoms with van der Waals surface area (Å²) in [4.78, 5) is 5.74. The largest absolute Gasteiger partial charge is 0.291 e. The van der Waals surface area contributed by atoms with Crippen molar-refractivity contribution in [2.24, 2.45) is 0 Å². The van der Waals surface area contributed by atoms with Gasteiger partial charge in [-0.05, 0) is 30.5 Å². The zero-order valence-corrected chi connectivity index (χ0v) is 9.83. The van der Waals surface area contributed by atoms with Gasteiger partial charge in [0.2, 0.25) is 0 Å². The maximum atomic E-state index is 5.74. The Hall–Kier alpha value is -0.380. The summed E-state index contributed by atoms with van der Waals surface area (Å²) in [6.45, 7) is 1.03. The third-order valence-electron chi connectivity index (χ3n) is 2.47. The van der Waals surface area contributed by atoms with Gasteiger partial charge < -0.3 is 0 Å². The molecule has 76 valence electrons. The third kappa shape index (κ3) is 2.35. The molecule has 0 bridgehead atoms. The van der Waals surface area contributed by atoms with Crippen LogP contribution >= 0.6 is 15.9 Å². The lowest BCUT2D eigenvalue weighted by Gasteiger charge is -2.29. The maximum absolute atomic E-state index is 5.74. The summed E-state index contributed by atoms with van der Waals surface area (Å²) in [7, 11) is 1.99. The predicted octanol–water partition coefficient (Wildman–Crippen LogP) is 3.15. The molecule has 3 heteroatoms. The van der Waals surface area contributed by atoms with Crippen molar-refractivity contribution >= 4 is 15.9 Å². The number of rotatable bonds is 1. The standard InChI is InChI=1S/C11H14BrNO/c1-13-7-3-6-11(14-13)9-4-2-5-10(12)8-9/h2,4-5,8,11H,3,6-7H2,1H3. The lowest BCUT2D eigenvalue weighted by atomic mass is 10.0. The van der Waals surface area contributed by atoms with E-state index in [0.717, 1.165) is 17.4 Å². The molecule has 1 fully saturated rings. The van der Waals surface area contributed by atoms with Crippen LogP contribution in [0.3, 0.4) is 0 Å². The summed E-state index contributed by atoms with van der Waals surface area (Å²) in [5.41, 5.74) is 1.26. The van der Waals surface area contributed by atoms with E-state index in [2.05, 4.69) is 34.1 Å². The molecule has 1 heterocycles. The maximum Gasteiger partial charge on any atom is 0.104 e. The first kappa shape index (κ1) is 10.1. The van der Waals surface area contributed by atoms with Gasteiger partial charge in [-0.3, -0.25) is 4.84 Å². The van der Waals surface area contributed by atoms with Crippen molar-refractivity contribution in [2.75, 3.05) is 13.6 Å². The molecular weight excluding hydrogens is 242 g/mol. The molecule has 0 saturated carbocycles. The molecule has 1 saturated heterocycles. The predicted molar refractivity (Wildman–Crippen MR) is 59.8 cm³/mol. The van der Waals surface area contributed by atoms with Crippen LogP contribution in [0.2, 0.25) is 0 Å². The van der Waals surface area contributed by atoms with E-state index in [9.17, 15) is 0 Å². The number of nitrogens with zero attached hydrogens (tertiary/aromatic N) is 1. The van der Waals surface area contributed by atoms with E-state index < -0.39 is 0 Å². The summed E-state index contributed by atoms with van der Waals surface area (Å²) in [6, 6.07) is 8.34. The van der Waals surface area contributed by atoms with Crippen molar-refractivity contribution in [1.82, 2.24) is 5.06 Å². The second kappa shape index (κ2) is 4.43. The molecular formula is C11H14BrNO. The number of hydroxylamine groups is 2. The fourth-order valence-electron chi connectivity index (χ4n) is 1.76. The van der Waals surface area contributed by atoms with E-state index in [-0.39, 0.29) is 6.10 Å². The molecule has 0 aliphatic carbocycles. The average Bonchev–Trinajstić information content (AvgIpc) is 2.18. The van der Waals surface area contributed by atoms with E-state index in [0.29, 0.717) is 0 Å². The number of hydrogen-bond acceptors (Lipinski definition) is 2. The fraction of sp³-hybridized carbons (Fsp3) is 0.455. The fourth-order valence-corrected chi connectivity index (χ4v) is 2.17. The second-order valence-electron chi connectivity index (χ2n) is 3.64. The first-order valence-electron chi connectivity index (χ1n) is 4.89. The van der Waals surface area contributed by atoms with Crippen molar-refractivity contribution in [3.8, 4) is 0 Å². The Balaban J connectivity index is 2.14. The van der Waals surface area contributed by atoms with Gasteiger partial charge >= 0.3 is 0 Å².